The van der Waals surface area contributed by atoms with E-state index in [-0.39, 0.29) is 43.5 Å². The van der Waals surface area contributed by atoms with Gasteiger partial charge in [-0.05, 0) is 76.1 Å². The number of hydrogen-bond donors (Lipinski definition) is 1. The predicted molar refractivity (Wildman–Crippen MR) is 153 cm³/mol. The maximum Gasteiger partial charge on any atom is 0.333 e. The van der Waals surface area contributed by atoms with Crippen LogP contribution < -0.4 is 15.7 Å². The number of carbonyl (C=O) groups is 2. The van der Waals surface area contributed by atoms with E-state index in [1.54, 1.807) is 78.7 Å². The SMILES string of the molecule is COc1ccc(-n2c(C(=O)NCc3cccc(C#N)c3)c3n(c2=O)CCN(C(=O)c2ccc(Br)c(Cl)c2)C3)cc1. The van der Waals surface area contributed by atoms with Crippen LogP contribution in [-0.4, -0.2) is 39.5 Å². The van der Waals surface area contributed by atoms with E-state index in [2.05, 4.69) is 27.3 Å². The van der Waals surface area contributed by atoms with E-state index in [0.29, 0.717) is 37.8 Å². The second kappa shape index (κ2) is 11.4. The lowest BCUT2D eigenvalue weighted by atomic mass is 10.1. The third-order valence-corrected chi connectivity index (χ3v) is 7.92. The standard InChI is InChI=1S/C29H23BrClN5O4/c1-40-22-8-6-21(7-9-22)36-26(27(37)33-16-19-4-2-3-18(13-19)15-32)25-17-34(11-12-35(25)29(36)39)28(38)20-5-10-23(30)24(31)14-20/h2-10,13-14H,11-12,16-17H2,1H3,(H,33,37). The van der Waals surface area contributed by atoms with Crippen molar-refractivity contribution in [2.45, 2.75) is 19.6 Å². The molecule has 40 heavy (non-hydrogen) atoms. The van der Waals surface area contributed by atoms with Gasteiger partial charge in [-0.1, -0.05) is 23.7 Å². The van der Waals surface area contributed by atoms with Crippen molar-refractivity contribution in [3.05, 3.63) is 115 Å². The highest BCUT2D eigenvalue weighted by atomic mass is 79.9. The Bertz CT molecular complexity index is 1720. The van der Waals surface area contributed by atoms with E-state index in [1.165, 1.54) is 9.13 Å². The number of fused-ring (bicyclic) bond motifs is 1. The molecule has 4 aromatic rings. The summed E-state index contributed by atoms with van der Waals surface area (Å²) in [4.78, 5) is 42.3. The number of nitriles is 1. The second-order valence-electron chi connectivity index (χ2n) is 9.11. The van der Waals surface area contributed by atoms with Gasteiger partial charge in [0.15, 0.2) is 0 Å². The second-order valence-corrected chi connectivity index (χ2v) is 10.4. The van der Waals surface area contributed by atoms with Crippen LogP contribution in [0, 0.1) is 11.3 Å². The molecule has 202 valence electrons. The molecule has 0 aliphatic carbocycles. The van der Waals surface area contributed by atoms with Crippen molar-refractivity contribution in [3.63, 3.8) is 0 Å². The summed E-state index contributed by atoms with van der Waals surface area (Å²) in [6.45, 7) is 0.708. The highest BCUT2D eigenvalue weighted by molar-refractivity contribution is 9.10. The molecule has 11 heteroatoms. The van der Waals surface area contributed by atoms with Gasteiger partial charge in [-0.25, -0.2) is 4.79 Å². The first-order valence-corrected chi connectivity index (χ1v) is 13.5. The Balaban J connectivity index is 1.53. The fourth-order valence-electron chi connectivity index (χ4n) is 4.67. The van der Waals surface area contributed by atoms with Gasteiger partial charge in [-0.2, -0.15) is 5.26 Å². The number of ether oxygens (including phenoxy) is 1. The highest BCUT2D eigenvalue weighted by Gasteiger charge is 2.32. The Morgan fingerprint density at radius 3 is 2.58 bits per heavy atom. The van der Waals surface area contributed by atoms with Crippen LogP contribution >= 0.6 is 27.5 Å². The zero-order valence-electron chi connectivity index (χ0n) is 21.4. The molecule has 5 rings (SSSR count). The van der Waals surface area contributed by atoms with Gasteiger partial charge in [0.25, 0.3) is 11.8 Å². The number of hydrogen-bond acceptors (Lipinski definition) is 5. The average Bonchev–Trinajstić information content (AvgIpc) is 3.28. The van der Waals surface area contributed by atoms with Crippen molar-refractivity contribution >= 4 is 39.3 Å². The summed E-state index contributed by atoms with van der Waals surface area (Å²) in [6, 6.07) is 20.8. The summed E-state index contributed by atoms with van der Waals surface area (Å²) in [6.07, 6.45) is 0. The van der Waals surface area contributed by atoms with E-state index in [0.717, 1.165) is 5.56 Å². The Morgan fingerprint density at radius 1 is 1.10 bits per heavy atom. The van der Waals surface area contributed by atoms with Gasteiger partial charge in [0.2, 0.25) is 0 Å². The summed E-state index contributed by atoms with van der Waals surface area (Å²) in [5.74, 6) is -0.135. The monoisotopic (exact) mass is 619 g/mol. The molecule has 1 N–H and O–H groups in total. The molecule has 3 aromatic carbocycles. The largest absolute Gasteiger partial charge is 0.497 e. The molecule has 2 heterocycles. The normalized spacial score (nSPS) is 12.4. The fourth-order valence-corrected chi connectivity index (χ4v) is 5.09. The lowest BCUT2D eigenvalue weighted by molar-refractivity contribution is 0.0706. The summed E-state index contributed by atoms with van der Waals surface area (Å²) >= 11 is 9.55. The molecule has 1 aromatic heterocycles. The topological polar surface area (TPSA) is 109 Å². The first-order chi connectivity index (χ1) is 19.3. The summed E-state index contributed by atoms with van der Waals surface area (Å²) in [5, 5.41) is 12.5. The number of carbonyl (C=O) groups excluding carboxylic acids is 2. The van der Waals surface area contributed by atoms with E-state index in [9.17, 15) is 19.6 Å². The van der Waals surface area contributed by atoms with Crippen molar-refractivity contribution in [2.75, 3.05) is 13.7 Å². The molecule has 0 atom stereocenters. The van der Waals surface area contributed by atoms with Crippen molar-refractivity contribution < 1.29 is 14.3 Å². The number of nitrogens with zero attached hydrogens (tertiary/aromatic N) is 4. The zero-order valence-corrected chi connectivity index (χ0v) is 23.7. The van der Waals surface area contributed by atoms with Crippen LogP contribution in [0.4, 0.5) is 0 Å². The van der Waals surface area contributed by atoms with Gasteiger partial charge in [-0.15, -0.1) is 0 Å². The van der Waals surface area contributed by atoms with Crippen LogP contribution in [0.2, 0.25) is 5.02 Å². The molecule has 1 aliphatic heterocycles. The summed E-state index contributed by atoms with van der Waals surface area (Å²) in [5.41, 5.74) is 2.29. The summed E-state index contributed by atoms with van der Waals surface area (Å²) in [7, 11) is 1.54. The van der Waals surface area contributed by atoms with Crippen molar-refractivity contribution in [2.24, 2.45) is 0 Å². The number of halogens is 2. The molecule has 2 amide bonds. The van der Waals surface area contributed by atoms with Gasteiger partial charge in [0, 0.05) is 29.7 Å². The van der Waals surface area contributed by atoms with E-state index in [1.807, 2.05) is 0 Å². The predicted octanol–water partition coefficient (Wildman–Crippen LogP) is 4.52. The smallest absolute Gasteiger partial charge is 0.333 e. The molecule has 0 spiro atoms. The number of aromatic nitrogens is 2. The fraction of sp³-hybridized carbons (Fsp3) is 0.172. The van der Waals surface area contributed by atoms with Crippen LogP contribution in [0.3, 0.4) is 0 Å². The Labute approximate surface area is 243 Å². The molecule has 0 saturated heterocycles. The van der Waals surface area contributed by atoms with Gasteiger partial charge >= 0.3 is 5.69 Å². The summed E-state index contributed by atoms with van der Waals surface area (Å²) < 4.78 is 8.82. The lowest BCUT2D eigenvalue weighted by Crippen LogP contribution is -2.41. The minimum atomic E-state index is -0.481. The maximum absolute atomic E-state index is 13.7. The maximum atomic E-state index is 13.7. The van der Waals surface area contributed by atoms with Crippen molar-refractivity contribution in [3.8, 4) is 17.5 Å². The third kappa shape index (κ3) is 5.26. The molecule has 1 aliphatic rings. The molecule has 0 saturated carbocycles. The van der Waals surface area contributed by atoms with Gasteiger partial charge in [0.1, 0.15) is 11.4 Å². The van der Waals surface area contributed by atoms with Gasteiger partial charge < -0.3 is 15.0 Å². The van der Waals surface area contributed by atoms with Crippen molar-refractivity contribution in [1.29, 1.82) is 5.26 Å². The highest BCUT2D eigenvalue weighted by Crippen LogP contribution is 2.26. The Morgan fingerprint density at radius 2 is 1.88 bits per heavy atom. The molecule has 0 unspecified atom stereocenters. The van der Waals surface area contributed by atoms with Crippen LogP contribution in [0.15, 0.2) is 76.0 Å². The Kier molecular flexibility index (Phi) is 7.78. The first kappa shape index (κ1) is 27.2. The van der Waals surface area contributed by atoms with Crippen LogP contribution in [0.1, 0.15) is 37.7 Å². The molecule has 9 nitrogen and oxygen atoms in total. The van der Waals surface area contributed by atoms with E-state index < -0.39 is 5.91 Å². The first-order valence-electron chi connectivity index (χ1n) is 12.3. The Hall–Kier alpha value is -4.33. The van der Waals surface area contributed by atoms with Gasteiger partial charge in [-0.3, -0.25) is 18.7 Å². The number of benzene rings is 3. The molecular weight excluding hydrogens is 598 g/mol. The quantitative estimate of drug-likeness (QED) is 0.341. The third-order valence-electron chi connectivity index (χ3n) is 6.69. The number of rotatable bonds is 6. The minimum absolute atomic E-state index is 0.0532. The molecular formula is C29H23BrClN5O4. The van der Waals surface area contributed by atoms with Crippen molar-refractivity contribution in [1.82, 2.24) is 19.4 Å². The number of imidazole rings is 1. The average molecular weight is 621 g/mol. The van der Waals surface area contributed by atoms with Crippen LogP contribution in [-0.2, 0) is 19.6 Å². The zero-order chi connectivity index (χ0) is 28.4. The van der Waals surface area contributed by atoms with Gasteiger partial charge in [0.05, 0.1) is 41.7 Å². The minimum Gasteiger partial charge on any atom is -0.497 e. The number of nitrogens with one attached hydrogen (secondary N) is 1. The number of amides is 2. The van der Waals surface area contributed by atoms with Crippen LogP contribution in [0.5, 0.6) is 5.75 Å². The number of methoxy groups -OCH3 is 1. The van der Waals surface area contributed by atoms with E-state index in [4.69, 9.17) is 16.3 Å². The molecule has 0 fully saturated rings. The molecule has 0 radical (unpaired) electrons. The lowest BCUT2D eigenvalue weighted by Gasteiger charge is -2.28. The van der Waals surface area contributed by atoms with Crippen LogP contribution in [0.25, 0.3) is 5.69 Å². The molecule has 0 bridgehead atoms. The van der Waals surface area contributed by atoms with E-state index >= 15 is 0 Å².